The fraction of sp³-hybridized carbons (Fsp3) is 0.432. The normalized spacial score (nSPS) is 20.5. The van der Waals surface area contributed by atoms with Gasteiger partial charge in [0.2, 0.25) is 5.89 Å². The van der Waals surface area contributed by atoms with Crippen LogP contribution in [0.2, 0.25) is 0 Å². The molecule has 5 atom stereocenters. The maximum absolute atomic E-state index is 14.9. The van der Waals surface area contributed by atoms with E-state index in [0.29, 0.717) is 12.1 Å². The van der Waals surface area contributed by atoms with Gasteiger partial charge in [-0.1, -0.05) is 30.3 Å². The number of aliphatic hydroxyl groups excluding tert-OH is 1. The predicted octanol–water partition coefficient (Wildman–Crippen LogP) is 6.13. The summed E-state index contributed by atoms with van der Waals surface area (Å²) in [7, 11) is 0. The number of amides is 3. The lowest BCUT2D eigenvalue weighted by Crippen LogP contribution is -2.54. The first kappa shape index (κ1) is 35.2. The van der Waals surface area contributed by atoms with E-state index in [2.05, 4.69) is 15.3 Å². The molecular formula is C37H42FN5O6S. The highest BCUT2D eigenvalue weighted by Gasteiger charge is 2.44. The number of benzene rings is 2. The van der Waals surface area contributed by atoms with Crippen LogP contribution in [0.1, 0.15) is 83.1 Å². The molecule has 1 unspecified atom stereocenters. The van der Waals surface area contributed by atoms with Gasteiger partial charge in [0.1, 0.15) is 23.0 Å². The van der Waals surface area contributed by atoms with Crippen LogP contribution in [-0.2, 0) is 11.2 Å². The minimum absolute atomic E-state index is 0.116. The van der Waals surface area contributed by atoms with E-state index in [0.717, 1.165) is 29.1 Å². The molecule has 2 fully saturated rings. The van der Waals surface area contributed by atoms with Crippen LogP contribution in [0.15, 0.2) is 70.8 Å². The summed E-state index contributed by atoms with van der Waals surface area (Å²) in [4.78, 5) is 53.2. The van der Waals surface area contributed by atoms with Gasteiger partial charge in [0.25, 0.3) is 11.8 Å². The number of hydrogen-bond donors (Lipinski definition) is 2. The van der Waals surface area contributed by atoms with Gasteiger partial charge in [-0.3, -0.25) is 14.5 Å². The number of aromatic nitrogens is 2. The van der Waals surface area contributed by atoms with Crippen molar-refractivity contribution in [1.29, 1.82) is 0 Å². The number of oxazole rings is 1. The highest BCUT2D eigenvalue weighted by molar-refractivity contribution is 7.09. The van der Waals surface area contributed by atoms with E-state index in [1.807, 2.05) is 42.6 Å². The van der Waals surface area contributed by atoms with Crippen LogP contribution >= 0.6 is 11.3 Å². The number of aliphatic hydroxyl groups is 1. The summed E-state index contributed by atoms with van der Waals surface area (Å²) in [5.41, 5.74) is 1.75. The van der Waals surface area contributed by atoms with Crippen molar-refractivity contribution in [3.63, 3.8) is 0 Å². The monoisotopic (exact) mass is 703 g/mol. The van der Waals surface area contributed by atoms with Crippen molar-refractivity contribution >= 4 is 29.2 Å². The van der Waals surface area contributed by atoms with Gasteiger partial charge in [-0.2, -0.15) is 0 Å². The Balaban J connectivity index is 1.31. The Bertz CT molecular complexity index is 1810. The molecular weight excluding hydrogens is 662 g/mol. The number of halogens is 1. The molecule has 2 aliphatic heterocycles. The lowest BCUT2D eigenvalue weighted by molar-refractivity contribution is -0.00173. The maximum Gasteiger partial charge on any atom is 0.410 e. The van der Waals surface area contributed by atoms with Gasteiger partial charge in [-0.05, 0) is 70.7 Å². The molecule has 2 aliphatic rings. The smallest absolute Gasteiger partial charge is 0.410 e. The molecule has 6 rings (SSSR count). The second kappa shape index (κ2) is 14.7. The molecule has 0 radical (unpaired) electrons. The highest BCUT2D eigenvalue weighted by Crippen LogP contribution is 2.36. The molecule has 13 heteroatoms. The fourth-order valence-corrected chi connectivity index (χ4v) is 7.58. The highest BCUT2D eigenvalue weighted by atomic mass is 32.1. The summed E-state index contributed by atoms with van der Waals surface area (Å²) in [5, 5.41) is 17.6. The quantitative estimate of drug-likeness (QED) is 0.212. The first-order valence-corrected chi connectivity index (χ1v) is 17.7. The summed E-state index contributed by atoms with van der Waals surface area (Å²) < 4.78 is 25.9. The number of rotatable bonds is 9. The predicted molar refractivity (Wildman–Crippen MR) is 185 cm³/mol. The number of ether oxygens (including phenoxy) is 1. The minimum atomic E-state index is -1.37. The van der Waals surface area contributed by atoms with Crippen molar-refractivity contribution in [2.45, 2.75) is 89.4 Å². The molecule has 4 heterocycles. The van der Waals surface area contributed by atoms with Crippen LogP contribution in [0, 0.1) is 6.92 Å². The van der Waals surface area contributed by atoms with Gasteiger partial charge in [0.15, 0.2) is 0 Å². The van der Waals surface area contributed by atoms with E-state index in [4.69, 9.17) is 9.15 Å². The van der Waals surface area contributed by atoms with Crippen molar-refractivity contribution in [3.05, 3.63) is 93.8 Å². The first-order chi connectivity index (χ1) is 23.9. The molecule has 0 spiro atoms. The topological polar surface area (TPSA) is 138 Å². The Hall–Kier alpha value is -4.62. The summed E-state index contributed by atoms with van der Waals surface area (Å²) in [5.74, 6) is -0.591. The number of likely N-dealkylation sites (tertiary alicyclic amines) is 2. The minimum Gasteiger partial charge on any atom is -0.445 e. The summed E-state index contributed by atoms with van der Waals surface area (Å²) in [6.07, 6.45) is 1.11. The van der Waals surface area contributed by atoms with Crippen molar-refractivity contribution in [2.24, 2.45) is 0 Å². The third-order valence-corrected chi connectivity index (χ3v) is 9.96. The van der Waals surface area contributed by atoms with Crippen LogP contribution in [0.25, 0.3) is 11.5 Å². The van der Waals surface area contributed by atoms with E-state index in [-0.39, 0.29) is 48.4 Å². The average molecular weight is 704 g/mol. The summed E-state index contributed by atoms with van der Waals surface area (Å²) >= 11 is 1.52. The number of hydrogen-bond acceptors (Lipinski definition) is 9. The van der Waals surface area contributed by atoms with Gasteiger partial charge in [-0.25, -0.2) is 19.2 Å². The molecule has 0 bridgehead atoms. The van der Waals surface area contributed by atoms with E-state index < -0.39 is 42.0 Å². The van der Waals surface area contributed by atoms with Crippen LogP contribution in [0.3, 0.4) is 0 Å². The second-order valence-electron chi connectivity index (χ2n) is 13.9. The number of aryl methyl sites for hydroxylation is 1. The number of thiazole rings is 1. The fourth-order valence-electron chi connectivity index (χ4n) is 6.64. The summed E-state index contributed by atoms with van der Waals surface area (Å²) in [6.45, 7) is 7.38. The zero-order valence-corrected chi connectivity index (χ0v) is 29.4. The Kier molecular flexibility index (Phi) is 10.4. The number of nitrogens with zero attached hydrogens (tertiary/aromatic N) is 4. The zero-order chi connectivity index (χ0) is 35.6. The van der Waals surface area contributed by atoms with Crippen LogP contribution in [0.5, 0.6) is 0 Å². The third kappa shape index (κ3) is 8.05. The average Bonchev–Trinajstić information content (AvgIpc) is 3.91. The molecule has 264 valence electrons. The lowest BCUT2D eigenvalue weighted by Gasteiger charge is -2.34. The third-order valence-electron chi connectivity index (χ3n) is 8.90. The number of alkyl halides is 1. The second-order valence-corrected chi connectivity index (χ2v) is 14.8. The van der Waals surface area contributed by atoms with Crippen LogP contribution in [-0.4, -0.2) is 85.8 Å². The Labute approximate surface area is 294 Å². The van der Waals surface area contributed by atoms with Gasteiger partial charge in [-0.15, -0.1) is 11.3 Å². The molecule has 11 nitrogen and oxygen atoms in total. The number of carbonyl (C=O) groups excluding carboxylic acids is 3. The molecule has 4 aromatic rings. The molecule has 2 saturated heterocycles. The van der Waals surface area contributed by atoms with Crippen molar-refractivity contribution in [2.75, 3.05) is 13.1 Å². The molecule has 3 amide bonds. The molecule has 50 heavy (non-hydrogen) atoms. The van der Waals surface area contributed by atoms with Gasteiger partial charge < -0.3 is 24.5 Å². The molecule has 0 aliphatic carbocycles. The number of nitrogens with one attached hydrogen (secondary N) is 1. The standard InChI is InChI=1S/C37H42FN5O6S/c1-22-21-50-34(40-22)29-11-8-13-42(29)35(46)26-17-24(16-25(18-26)33-39-12-14-48-33)32(45)41-28(15-23-9-6-5-7-10-23)31(44)30-19-27(38)20-43(30)36(47)49-37(2,3)4/h5-7,9-10,12,14,16-18,21,27-31,44H,8,11,13,15,19-20H2,1-4H3,(H,41,45)/t27-,28-,29?,30+,31-/m0/s1. The van der Waals surface area contributed by atoms with Gasteiger partial charge in [0.05, 0.1) is 37.0 Å². The Morgan fingerprint density at radius 3 is 2.58 bits per heavy atom. The van der Waals surface area contributed by atoms with Gasteiger partial charge >= 0.3 is 6.09 Å². The van der Waals surface area contributed by atoms with Crippen LogP contribution < -0.4 is 5.32 Å². The SMILES string of the molecule is Cc1csc(C2CCCN2C(=O)c2cc(C(=O)N[C@@H](Cc3ccccc3)[C@H](O)[C@H]3C[C@H](F)CN3C(=O)OC(C)(C)C)cc(-c3ncco3)c2)n1. The molecule has 2 aromatic heterocycles. The van der Waals surface area contributed by atoms with E-state index in [9.17, 15) is 23.9 Å². The van der Waals surface area contributed by atoms with E-state index in [1.54, 1.807) is 37.8 Å². The van der Waals surface area contributed by atoms with Crippen molar-refractivity contribution in [3.8, 4) is 11.5 Å². The van der Waals surface area contributed by atoms with Crippen molar-refractivity contribution < 1.29 is 33.0 Å². The number of carbonyl (C=O) groups is 3. The first-order valence-electron chi connectivity index (χ1n) is 16.8. The Morgan fingerprint density at radius 1 is 1.14 bits per heavy atom. The summed E-state index contributed by atoms with van der Waals surface area (Å²) in [6, 6.07) is 12.0. The lowest BCUT2D eigenvalue weighted by atomic mass is 9.94. The van der Waals surface area contributed by atoms with Crippen molar-refractivity contribution in [1.82, 2.24) is 25.1 Å². The molecule has 2 N–H and O–H groups in total. The van der Waals surface area contributed by atoms with E-state index in [1.165, 1.54) is 34.8 Å². The zero-order valence-electron chi connectivity index (χ0n) is 28.5. The molecule has 0 saturated carbocycles. The van der Waals surface area contributed by atoms with E-state index >= 15 is 0 Å². The Morgan fingerprint density at radius 2 is 1.90 bits per heavy atom. The van der Waals surface area contributed by atoms with Crippen LogP contribution in [0.4, 0.5) is 9.18 Å². The largest absolute Gasteiger partial charge is 0.445 e. The molecule has 2 aromatic carbocycles. The maximum atomic E-state index is 14.9. The van der Waals surface area contributed by atoms with Gasteiger partial charge in [0, 0.05) is 40.7 Å².